The number of ether oxygens (including phenoxy) is 3. The molecule has 12 nitrogen and oxygen atoms in total. The van der Waals surface area contributed by atoms with Gasteiger partial charge in [-0.15, -0.1) is 0 Å². The van der Waals surface area contributed by atoms with Crippen LogP contribution in [-0.2, 0) is 25.5 Å². The lowest BCUT2D eigenvalue weighted by atomic mass is 9.98. The number of benzene rings is 3. The Morgan fingerprint density at radius 3 is 2.08 bits per heavy atom. The van der Waals surface area contributed by atoms with Crippen LogP contribution >= 0.6 is 0 Å². The van der Waals surface area contributed by atoms with Gasteiger partial charge in [-0.3, -0.25) is 9.69 Å². The van der Waals surface area contributed by atoms with Crippen LogP contribution in [0.3, 0.4) is 0 Å². The summed E-state index contributed by atoms with van der Waals surface area (Å²) >= 11 is 0. The Morgan fingerprint density at radius 1 is 0.878 bits per heavy atom. The number of carboxylic acids is 1. The van der Waals surface area contributed by atoms with Crippen LogP contribution in [0.2, 0.25) is 0 Å². The highest BCUT2D eigenvalue weighted by molar-refractivity contribution is 5.81. The van der Waals surface area contributed by atoms with Crippen LogP contribution in [0, 0.1) is 0 Å². The van der Waals surface area contributed by atoms with E-state index in [9.17, 15) is 24.3 Å². The van der Waals surface area contributed by atoms with Crippen molar-refractivity contribution in [3.05, 3.63) is 89.5 Å². The third-order valence-corrected chi connectivity index (χ3v) is 8.38. The fourth-order valence-electron chi connectivity index (χ4n) is 6.04. The van der Waals surface area contributed by atoms with Crippen molar-refractivity contribution in [3.63, 3.8) is 0 Å². The van der Waals surface area contributed by atoms with Gasteiger partial charge in [0, 0.05) is 38.5 Å². The molecule has 3 amide bonds. The Balaban J connectivity index is 1.01. The first-order chi connectivity index (χ1) is 23.5. The molecule has 0 spiro atoms. The lowest BCUT2D eigenvalue weighted by Crippen LogP contribution is -2.53. The molecule has 1 aliphatic carbocycles. The number of hydrogen-bond acceptors (Lipinski definition) is 8. The van der Waals surface area contributed by atoms with E-state index < -0.39 is 23.7 Å². The summed E-state index contributed by atoms with van der Waals surface area (Å²) in [6.07, 6.45) is -0.736. The van der Waals surface area contributed by atoms with E-state index in [-0.39, 0.29) is 44.1 Å². The number of fused-ring (bicyclic) bond motifs is 3. The Hall–Kier alpha value is -5.10. The van der Waals surface area contributed by atoms with Crippen LogP contribution in [-0.4, -0.2) is 103 Å². The number of nitrogens with one attached hydrogen (secondary N) is 2. The molecule has 5 rings (SSSR count). The number of hydrogen-bond donors (Lipinski definition) is 3. The maximum absolute atomic E-state index is 12.7. The summed E-state index contributed by atoms with van der Waals surface area (Å²) in [5.41, 5.74) is 4.52. The van der Waals surface area contributed by atoms with Gasteiger partial charge in [-0.1, -0.05) is 60.7 Å². The van der Waals surface area contributed by atoms with Gasteiger partial charge >= 0.3 is 24.1 Å². The number of urea groups is 1. The standard InChI is InChI=1S/C37H44N4O8/c1-37(2,3)49-33(42)23-40-17-19-41(20-18-40)35(45)38-16-21-47-26-14-12-25(13-15-26)22-32(34(43)44)39-36(46)48-24-31-29-10-6-4-8-27(29)28-9-5-7-11-30(28)31/h4-15,31-32H,16-24H2,1-3H3,(H,38,45)(H,39,46)(H,43,44). The number of nitrogens with zero attached hydrogens (tertiary/aromatic N) is 2. The van der Waals surface area contributed by atoms with Gasteiger partial charge in [0.05, 0.1) is 13.1 Å². The molecule has 1 fully saturated rings. The van der Waals surface area contributed by atoms with E-state index in [1.807, 2.05) is 74.2 Å². The lowest BCUT2D eigenvalue weighted by Gasteiger charge is -2.34. The molecule has 0 radical (unpaired) electrons. The highest BCUT2D eigenvalue weighted by Gasteiger charge is 2.30. The van der Waals surface area contributed by atoms with Crippen LogP contribution in [0.15, 0.2) is 72.8 Å². The first-order valence-corrected chi connectivity index (χ1v) is 16.5. The molecular weight excluding hydrogens is 628 g/mol. The molecule has 1 atom stereocenters. The second-order valence-electron chi connectivity index (χ2n) is 13.1. The highest BCUT2D eigenvalue weighted by Crippen LogP contribution is 2.44. The van der Waals surface area contributed by atoms with Gasteiger partial charge in [0.25, 0.3) is 0 Å². The van der Waals surface area contributed by atoms with Gasteiger partial charge in [-0.05, 0) is 60.7 Å². The Labute approximate surface area is 286 Å². The van der Waals surface area contributed by atoms with Gasteiger partial charge in [0.15, 0.2) is 0 Å². The number of rotatable bonds is 12. The van der Waals surface area contributed by atoms with Crippen LogP contribution in [0.4, 0.5) is 9.59 Å². The molecule has 49 heavy (non-hydrogen) atoms. The quantitative estimate of drug-likeness (QED) is 0.190. The van der Waals surface area contributed by atoms with Crippen molar-refractivity contribution in [3.8, 4) is 16.9 Å². The fourth-order valence-corrected chi connectivity index (χ4v) is 6.04. The van der Waals surface area contributed by atoms with E-state index in [0.717, 1.165) is 22.3 Å². The number of carbonyl (C=O) groups is 4. The fraction of sp³-hybridized carbons (Fsp3) is 0.405. The first-order valence-electron chi connectivity index (χ1n) is 16.5. The van der Waals surface area contributed by atoms with Crippen molar-refractivity contribution in [2.45, 2.75) is 44.8 Å². The lowest BCUT2D eigenvalue weighted by molar-refractivity contribution is -0.156. The zero-order valence-corrected chi connectivity index (χ0v) is 28.1. The van der Waals surface area contributed by atoms with Gasteiger partial charge < -0.3 is 34.9 Å². The predicted octanol–water partition coefficient (Wildman–Crippen LogP) is 4.27. The molecule has 0 bridgehead atoms. The maximum Gasteiger partial charge on any atom is 0.407 e. The minimum atomic E-state index is -1.18. The molecule has 3 aromatic rings. The largest absolute Gasteiger partial charge is 0.492 e. The SMILES string of the molecule is CC(C)(C)OC(=O)CN1CCN(C(=O)NCCOc2ccc(CC(NC(=O)OCC3c4ccccc4-c4ccccc43)C(=O)O)cc2)CC1. The highest BCUT2D eigenvalue weighted by atomic mass is 16.6. The molecule has 12 heteroatoms. The molecule has 1 aliphatic heterocycles. The molecule has 1 unspecified atom stereocenters. The van der Waals surface area contributed by atoms with E-state index in [2.05, 4.69) is 10.6 Å². The number of esters is 1. The second kappa shape index (κ2) is 15.9. The Bertz CT molecular complexity index is 1580. The molecular formula is C37H44N4O8. The number of alkyl carbamates (subject to hydrolysis) is 1. The van der Waals surface area contributed by atoms with E-state index in [1.165, 1.54) is 0 Å². The monoisotopic (exact) mass is 672 g/mol. The molecule has 1 heterocycles. The van der Waals surface area contributed by atoms with E-state index >= 15 is 0 Å². The molecule has 0 saturated carbocycles. The summed E-state index contributed by atoms with van der Waals surface area (Å²) in [6.45, 7) is 8.50. The summed E-state index contributed by atoms with van der Waals surface area (Å²) in [6, 6.07) is 21.5. The molecule has 3 aromatic carbocycles. The molecule has 0 aromatic heterocycles. The third kappa shape index (κ3) is 9.73. The minimum Gasteiger partial charge on any atom is -0.492 e. The average molecular weight is 673 g/mol. The van der Waals surface area contributed by atoms with Gasteiger partial charge in [-0.2, -0.15) is 0 Å². The average Bonchev–Trinajstić information content (AvgIpc) is 3.39. The normalized spacial score (nSPS) is 15.0. The number of amides is 3. The molecule has 260 valence electrons. The Kier molecular flexibility index (Phi) is 11.4. The molecule has 2 aliphatic rings. The summed E-state index contributed by atoms with van der Waals surface area (Å²) < 4.78 is 16.7. The van der Waals surface area contributed by atoms with Crippen molar-refractivity contribution in [2.24, 2.45) is 0 Å². The number of aliphatic carboxylic acids is 1. The van der Waals surface area contributed by atoms with Crippen molar-refractivity contribution in [2.75, 3.05) is 52.5 Å². The van der Waals surface area contributed by atoms with Crippen molar-refractivity contribution in [1.29, 1.82) is 0 Å². The van der Waals surface area contributed by atoms with Crippen molar-refractivity contribution >= 4 is 24.1 Å². The summed E-state index contributed by atoms with van der Waals surface area (Å²) in [5.74, 6) is -1.02. The number of piperazine rings is 1. The smallest absolute Gasteiger partial charge is 0.407 e. The van der Waals surface area contributed by atoms with Crippen LogP contribution in [0.25, 0.3) is 11.1 Å². The van der Waals surface area contributed by atoms with Gasteiger partial charge in [-0.25, -0.2) is 14.4 Å². The topological polar surface area (TPSA) is 147 Å². The van der Waals surface area contributed by atoms with Crippen LogP contribution in [0.1, 0.15) is 43.4 Å². The van der Waals surface area contributed by atoms with Gasteiger partial charge in [0.1, 0.15) is 30.6 Å². The van der Waals surface area contributed by atoms with Gasteiger partial charge in [0.2, 0.25) is 0 Å². The summed E-state index contributed by atoms with van der Waals surface area (Å²) in [5, 5.41) is 15.1. The minimum absolute atomic E-state index is 0.0565. The molecule has 1 saturated heterocycles. The van der Waals surface area contributed by atoms with E-state index in [1.54, 1.807) is 29.2 Å². The van der Waals surface area contributed by atoms with E-state index in [0.29, 0.717) is 44.0 Å². The van der Waals surface area contributed by atoms with Crippen molar-refractivity contribution in [1.82, 2.24) is 20.4 Å². The Morgan fingerprint density at radius 2 is 1.49 bits per heavy atom. The van der Waals surface area contributed by atoms with E-state index in [4.69, 9.17) is 14.2 Å². The second-order valence-corrected chi connectivity index (χ2v) is 13.1. The molecule has 3 N–H and O–H groups in total. The third-order valence-electron chi connectivity index (χ3n) is 8.38. The predicted molar refractivity (Wildman–Crippen MR) is 183 cm³/mol. The summed E-state index contributed by atoms with van der Waals surface area (Å²) in [7, 11) is 0. The zero-order chi connectivity index (χ0) is 35.0. The van der Waals surface area contributed by atoms with Crippen LogP contribution < -0.4 is 15.4 Å². The maximum atomic E-state index is 12.7. The number of carbonyl (C=O) groups excluding carboxylic acids is 3. The summed E-state index contributed by atoms with van der Waals surface area (Å²) in [4.78, 5) is 53.0. The number of carboxylic acid groups (broad SMARTS) is 1. The van der Waals surface area contributed by atoms with Crippen LogP contribution in [0.5, 0.6) is 5.75 Å². The first kappa shape index (κ1) is 35.2. The van der Waals surface area contributed by atoms with Crippen molar-refractivity contribution < 1.29 is 38.5 Å². The zero-order valence-electron chi connectivity index (χ0n) is 28.1.